The van der Waals surface area contributed by atoms with Gasteiger partial charge in [-0.15, -0.1) is 0 Å². The largest absolute Gasteiger partial charge is 0.0836 e. The molecule has 0 nitrogen and oxygen atoms in total. The predicted octanol–water partition coefficient (Wildman–Crippen LogP) is 5.79. The summed E-state index contributed by atoms with van der Waals surface area (Å²) in [5.41, 5.74) is 7.27. The van der Waals surface area contributed by atoms with Gasteiger partial charge in [-0.2, -0.15) is 0 Å². The Labute approximate surface area is 115 Å². The molecule has 0 aliphatic carbocycles. The Bertz CT molecular complexity index is 363. The van der Waals surface area contributed by atoms with Crippen LogP contribution in [0.4, 0.5) is 0 Å². The average molecular weight is 297 g/mol. The maximum absolute atomic E-state index is 3.94. The molecule has 1 rings (SSSR count). The van der Waals surface area contributed by atoms with Crippen LogP contribution in [-0.4, -0.2) is 0 Å². The molecule has 17 heavy (non-hydrogen) atoms. The molecule has 96 valence electrons. The molecule has 0 saturated carbocycles. The Morgan fingerprint density at radius 2 is 1.35 bits per heavy atom. The summed E-state index contributed by atoms with van der Waals surface area (Å²) in [6.07, 6.45) is 2.47. The summed E-state index contributed by atoms with van der Waals surface area (Å²) in [4.78, 5) is 0.496. The van der Waals surface area contributed by atoms with E-state index in [4.69, 9.17) is 0 Å². The summed E-state index contributed by atoms with van der Waals surface area (Å²) in [7, 11) is 0. The van der Waals surface area contributed by atoms with Crippen molar-refractivity contribution in [1.82, 2.24) is 0 Å². The molecule has 0 N–H and O–H groups in total. The molecule has 0 aliphatic rings. The highest BCUT2D eigenvalue weighted by Crippen LogP contribution is 2.40. The van der Waals surface area contributed by atoms with Crippen LogP contribution in [0.2, 0.25) is 0 Å². The third kappa shape index (κ3) is 2.93. The molecule has 0 heterocycles. The van der Waals surface area contributed by atoms with Crippen LogP contribution in [0.15, 0.2) is 6.07 Å². The van der Waals surface area contributed by atoms with E-state index in [-0.39, 0.29) is 0 Å². The molecule has 0 bridgehead atoms. The topological polar surface area (TPSA) is 0 Å². The van der Waals surface area contributed by atoms with E-state index >= 15 is 0 Å². The number of benzene rings is 1. The lowest BCUT2D eigenvalue weighted by Crippen LogP contribution is -2.10. The molecule has 1 unspecified atom stereocenters. The smallest absolute Gasteiger partial charge is 0.0428 e. The number of hydrogen-bond acceptors (Lipinski definition) is 0. The highest BCUT2D eigenvalue weighted by Gasteiger charge is 2.22. The Morgan fingerprint density at radius 3 is 1.71 bits per heavy atom. The van der Waals surface area contributed by atoms with Gasteiger partial charge in [-0.3, -0.25) is 0 Å². The van der Waals surface area contributed by atoms with E-state index in [2.05, 4.69) is 63.5 Å². The molecule has 0 aliphatic heterocycles. The molecule has 0 aromatic heterocycles. The van der Waals surface area contributed by atoms with Crippen LogP contribution < -0.4 is 0 Å². The van der Waals surface area contributed by atoms with E-state index in [1.807, 2.05) is 0 Å². The van der Waals surface area contributed by atoms with Crippen LogP contribution in [0.5, 0.6) is 0 Å². The first-order valence-electron chi connectivity index (χ1n) is 6.65. The van der Waals surface area contributed by atoms with E-state index in [1.165, 1.54) is 40.7 Å². The predicted molar refractivity (Wildman–Crippen MR) is 81.1 cm³/mol. The van der Waals surface area contributed by atoms with Gasteiger partial charge < -0.3 is 0 Å². The van der Waals surface area contributed by atoms with Crippen molar-refractivity contribution in [3.63, 3.8) is 0 Å². The highest BCUT2D eigenvalue weighted by atomic mass is 79.9. The maximum Gasteiger partial charge on any atom is 0.0428 e. The second kappa shape index (κ2) is 6.04. The lowest BCUT2D eigenvalue weighted by atomic mass is 9.86. The molecule has 0 spiro atoms. The van der Waals surface area contributed by atoms with E-state index in [0.29, 0.717) is 4.83 Å². The van der Waals surface area contributed by atoms with Gasteiger partial charge in [0.15, 0.2) is 0 Å². The molecule has 1 aromatic carbocycles. The first-order chi connectivity index (χ1) is 7.93. The molecule has 1 heteroatoms. The third-order valence-corrected chi connectivity index (χ3v) is 5.37. The lowest BCUT2D eigenvalue weighted by molar-refractivity contribution is 0.484. The van der Waals surface area contributed by atoms with Gasteiger partial charge in [0.2, 0.25) is 0 Å². The molecular formula is C16H25Br. The zero-order chi connectivity index (χ0) is 13.2. The van der Waals surface area contributed by atoms with E-state index < -0.39 is 0 Å². The van der Waals surface area contributed by atoms with Gasteiger partial charge in [-0.05, 0) is 61.4 Å². The summed E-state index contributed by atoms with van der Waals surface area (Å²) >= 11 is 3.94. The Hall–Kier alpha value is -0.300. The van der Waals surface area contributed by atoms with Gasteiger partial charge in [0.05, 0.1) is 0 Å². The van der Waals surface area contributed by atoms with Crippen molar-refractivity contribution in [2.24, 2.45) is 5.92 Å². The van der Waals surface area contributed by atoms with E-state index in [0.717, 1.165) is 5.92 Å². The van der Waals surface area contributed by atoms with Crippen LogP contribution >= 0.6 is 15.9 Å². The lowest BCUT2D eigenvalue weighted by Gasteiger charge is -2.25. The number of rotatable bonds is 4. The summed E-state index contributed by atoms with van der Waals surface area (Å²) in [5.74, 6) is 0.730. The fourth-order valence-corrected chi connectivity index (χ4v) is 4.03. The number of hydrogen-bond donors (Lipinski definition) is 0. The highest BCUT2D eigenvalue weighted by molar-refractivity contribution is 9.09. The molecule has 0 radical (unpaired) electrons. The van der Waals surface area contributed by atoms with Crippen LogP contribution in [0.3, 0.4) is 0 Å². The van der Waals surface area contributed by atoms with Gasteiger partial charge in [0, 0.05) is 4.83 Å². The van der Waals surface area contributed by atoms with Gasteiger partial charge >= 0.3 is 0 Å². The standard InChI is InChI=1S/C16H25Br/c1-7-14(8-2)16(17)15-12(5)10(3)9-11(4)13(15)6/h9,14,16H,7-8H2,1-6H3. The SMILES string of the molecule is CCC(CC)C(Br)c1c(C)c(C)cc(C)c1C. The second-order valence-electron chi connectivity index (χ2n) is 5.15. The van der Waals surface area contributed by atoms with Crippen LogP contribution in [-0.2, 0) is 0 Å². The van der Waals surface area contributed by atoms with Crippen molar-refractivity contribution >= 4 is 15.9 Å². The molecule has 0 amide bonds. The van der Waals surface area contributed by atoms with Crippen LogP contribution in [0.25, 0.3) is 0 Å². The zero-order valence-corrected chi connectivity index (χ0v) is 13.6. The van der Waals surface area contributed by atoms with Crippen molar-refractivity contribution in [3.8, 4) is 0 Å². The van der Waals surface area contributed by atoms with Gasteiger partial charge in [-0.1, -0.05) is 48.7 Å². The Balaban J connectivity index is 3.29. The van der Waals surface area contributed by atoms with Gasteiger partial charge in [-0.25, -0.2) is 0 Å². The van der Waals surface area contributed by atoms with Crippen molar-refractivity contribution in [2.75, 3.05) is 0 Å². The minimum Gasteiger partial charge on any atom is -0.0836 e. The average Bonchev–Trinajstić information content (AvgIpc) is 2.28. The summed E-state index contributed by atoms with van der Waals surface area (Å²) in [6, 6.07) is 2.31. The van der Waals surface area contributed by atoms with Crippen molar-refractivity contribution in [1.29, 1.82) is 0 Å². The minimum absolute atomic E-state index is 0.496. The summed E-state index contributed by atoms with van der Waals surface area (Å²) < 4.78 is 0. The fourth-order valence-electron chi connectivity index (χ4n) is 2.60. The third-order valence-electron chi connectivity index (χ3n) is 4.16. The monoisotopic (exact) mass is 296 g/mol. The molecular weight excluding hydrogens is 272 g/mol. The van der Waals surface area contributed by atoms with Crippen molar-refractivity contribution < 1.29 is 0 Å². The summed E-state index contributed by atoms with van der Waals surface area (Å²) in [6.45, 7) is 13.5. The zero-order valence-electron chi connectivity index (χ0n) is 12.0. The molecule has 0 fully saturated rings. The number of aryl methyl sites for hydroxylation is 2. The van der Waals surface area contributed by atoms with Gasteiger partial charge in [0.1, 0.15) is 0 Å². The van der Waals surface area contributed by atoms with E-state index in [1.54, 1.807) is 0 Å². The first-order valence-corrected chi connectivity index (χ1v) is 7.56. The number of halogens is 1. The molecule has 0 saturated heterocycles. The van der Waals surface area contributed by atoms with Gasteiger partial charge in [0.25, 0.3) is 0 Å². The molecule has 1 aromatic rings. The fraction of sp³-hybridized carbons (Fsp3) is 0.625. The Kier molecular flexibility index (Phi) is 5.24. The minimum atomic E-state index is 0.496. The quantitative estimate of drug-likeness (QED) is 0.617. The van der Waals surface area contributed by atoms with E-state index in [9.17, 15) is 0 Å². The summed E-state index contributed by atoms with van der Waals surface area (Å²) in [5, 5.41) is 0. The maximum atomic E-state index is 3.94. The van der Waals surface area contributed by atoms with Crippen molar-refractivity contribution in [3.05, 3.63) is 33.9 Å². The van der Waals surface area contributed by atoms with Crippen molar-refractivity contribution in [2.45, 2.75) is 59.2 Å². The molecule has 1 atom stereocenters. The van der Waals surface area contributed by atoms with Crippen LogP contribution in [0, 0.1) is 33.6 Å². The Morgan fingerprint density at radius 1 is 0.941 bits per heavy atom. The first kappa shape index (κ1) is 14.8. The van der Waals surface area contributed by atoms with Crippen LogP contribution in [0.1, 0.15) is 59.3 Å². The number of alkyl halides is 1. The normalized spacial score (nSPS) is 13.2. The second-order valence-corrected chi connectivity index (χ2v) is 6.14.